The van der Waals surface area contributed by atoms with Gasteiger partial charge in [0.25, 0.3) is 0 Å². The molecule has 0 bridgehead atoms. The lowest BCUT2D eigenvalue weighted by atomic mass is 10.1. The van der Waals surface area contributed by atoms with E-state index in [0.717, 1.165) is 50.1 Å². The van der Waals surface area contributed by atoms with Crippen molar-refractivity contribution in [1.29, 1.82) is 0 Å². The number of hydrogen-bond donors (Lipinski definition) is 1. The highest BCUT2D eigenvalue weighted by Gasteiger charge is 2.12. The second-order valence-corrected chi connectivity index (χ2v) is 4.70. The van der Waals surface area contributed by atoms with Crippen molar-refractivity contribution in [3.8, 4) is 0 Å². The van der Waals surface area contributed by atoms with Crippen molar-refractivity contribution in [2.75, 3.05) is 25.0 Å². The van der Waals surface area contributed by atoms with E-state index in [1.54, 1.807) is 12.1 Å². The quantitative estimate of drug-likeness (QED) is 0.712. The molecular weight excluding hydrogens is 227 g/mol. The minimum Gasteiger partial charge on any atom is -0.372 e. The lowest BCUT2D eigenvalue weighted by Crippen LogP contribution is -2.23. The molecule has 0 atom stereocenters. The Morgan fingerprint density at radius 1 is 1.22 bits per heavy atom. The molecule has 102 valence electrons. The predicted octanol–water partition coefficient (Wildman–Crippen LogP) is 3.56. The first-order chi connectivity index (χ1) is 8.70. The lowest BCUT2D eigenvalue weighted by Gasteiger charge is -2.23. The van der Waals surface area contributed by atoms with Crippen LogP contribution in [0, 0.1) is 5.82 Å². The SMILES string of the molecule is CCCCN(C)c1c(F)cccc1CNCCC. The van der Waals surface area contributed by atoms with Crippen LogP contribution in [0.5, 0.6) is 0 Å². The minimum absolute atomic E-state index is 0.121. The molecule has 0 aliphatic heterocycles. The van der Waals surface area contributed by atoms with E-state index in [4.69, 9.17) is 0 Å². The number of rotatable bonds is 8. The van der Waals surface area contributed by atoms with Crippen LogP contribution in [0.1, 0.15) is 38.7 Å². The Hall–Kier alpha value is -1.09. The van der Waals surface area contributed by atoms with Gasteiger partial charge in [-0.05, 0) is 31.0 Å². The molecule has 0 fully saturated rings. The second-order valence-electron chi connectivity index (χ2n) is 4.70. The number of halogens is 1. The van der Waals surface area contributed by atoms with Crippen LogP contribution in [0.25, 0.3) is 0 Å². The first-order valence-corrected chi connectivity index (χ1v) is 6.89. The molecule has 0 heterocycles. The van der Waals surface area contributed by atoms with Crippen LogP contribution >= 0.6 is 0 Å². The Balaban J connectivity index is 2.79. The molecule has 0 aromatic heterocycles. The standard InChI is InChI=1S/C15H25FN2/c1-4-6-11-18(3)15-13(12-17-10-5-2)8-7-9-14(15)16/h7-9,17H,4-6,10-12H2,1-3H3. The number of anilines is 1. The Morgan fingerprint density at radius 3 is 2.67 bits per heavy atom. The highest BCUT2D eigenvalue weighted by Crippen LogP contribution is 2.23. The molecule has 0 amide bonds. The fourth-order valence-corrected chi connectivity index (χ4v) is 2.04. The summed E-state index contributed by atoms with van der Waals surface area (Å²) in [5.74, 6) is -0.121. The Kier molecular flexibility index (Phi) is 6.73. The molecule has 0 aliphatic rings. The molecule has 0 unspecified atom stereocenters. The van der Waals surface area contributed by atoms with Gasteiger partial charge in [0.2, 0.25) is 0 Å². The molecule has 1 N–H and O–H groups in total. The van der Waals surface area contributed by atoms with Gasteiger partial charge in [-0.15, -0.1) is 0 Å². The zero-order valence-corrected chi connectivity index (χ0v) is 11.8. The van der Waals surface area contributed by atoms with Crippen molar-refractivity contribution in [3.05, 3.63) is 29.6 Å². The number of unbranched alkanes of at least 4 members (excludes halogenated alkanes) is 1. The van der Waals surface area contributed by atoms with E-state index < -0.39 is 0 Å². The molecule has 1 aromatic rings. The van der Waals surface area contributed by atoms with E-state index in [1.165, 1.54) is 0 Å². The Morgan fingerprint density at radius 2 is 2.00 bits per heavy atom. The van der Waals surface area contributed by atoms with Crippen molar-refractivity contribution >= 4 is 5.69 Å². The molecule has 1 aromatic carbocycles. The third-order valence-corrected chi connectivity index (χ3v) is 3.04. The molecule has 18 heavy (non-hydrogen) atoms. The zero-order chi connectivity index (χ0) is 13.4. The summed E-state index contributed by atoms with van der Waals surface area (Å²) in [4.78, 5) is 2.03. The maximum absolute atomic E-state index is 14.0. The van der Waals surface area contributed by atoms with Crippen molar-refractivity contribution < 1.29 is 4.39 Å². The van der Waals surface area contributed by atoms with Gasteiger partial charge in [0.15, 0.2) is 0 Å². The van der Waals surface area contributed by atoms with Crippen LogP contribution in [-0.2, 0) is 6.54 Å². The van der Waals surface area contributed by atoms with E-state index in [2.05, 4.69) is 19.2 Å². The summed E-state index contributed by atoms with van der Waals surface area (Å²) in [6.45, 7) is 6.88. The smallest absolute Gasteiger partial charge is 0.146 e. The fourth-order valence-electron chi connectivity index (χ4n) is 2.04. The summed E-state index contributed by atoms with van der Waals surface area (Å²) in [7, 11) is 1.97. The lowest BCUT2D eigenvalue weighted by molar-refractivity contribution is 0.610. The second kappa shape index (κ2) is 8.09. The van der Waals surface area contributed by atoms with E-state index >= 15 is 0 Å². The van der Waals surface area contributed by atoms with Crippen LogP contribution in [-0.4, -0.2) is 20.1 Å². The topological polar surface area (TPSA) is 15.3 Å². The van der Waals surface area contributed by atoms with E-state index in [1.807, 2.05) is 18.0 Å². The normalized spacial score (nSPS) is 10.7. The maximum atomic E-state index is 14.0. The number of nitrogens with one attached hydrogen (secondary N) is 1. The van der Waals surface area contributed by atoms with Crippen LogP contribution in [0.4, 0.5) is 10.1 Å². The summed E-state index contributed by atoms with van der Waals surface area (Å²) < 4.78 is 14.0. The van der Waals surface area contributed by atoms with Gasteiger partial charge >= 0.3 is 0 Å². The highest BCUT2D eigenvalue weighted by molar-refractivity contribution is 5.54. The summed E-state index contributed by atoms with van der Waals surface area (Å²) in [5, 5.41) is 3.34. The highest BCUT2D eigenvalue weighted by atomic mass is 19.1. The molecule has 0 spiro atoms. The number of benzene rings is 1. The van der Waals surface area contributed by atoms with E-state index in [0.29, 0.717) is 0 Å². The molecular formula is C15H25FN2. The van der Waals surface area contributed by atoms with Gasteiger partial charge in [-0.3, -0.25) is 0 Å². The minimum atomic E-state index is -0.121. The summed E-state index contributed by atoms with van der Waals surface area (Å²) in [5.41, 5.74) is 1.79. The van der Waals surface area contributed by atoms with Gasteiger partial charge in [0, 0.05) is 20.1 Å². The van der Waals surface area contributed by atoms with Gasteiger partial charge in [0.05, 0.1) is 5.69 Å². The first-order valence-electron chi connectivity index (χ1n) is 6.89. The average molecular weight is 252 g/mol. The van der Waals surface area contributed by atoms with E-state index in [9.17, 15) is 4.39 Å². The molecule has 2 nitrogen and oxygen atoms in total. The summed E-state index contributed by atoms with van der Waals surface area (Å²) in [6, 6.07) is 5.33. The Bertz CT molecular complexity index is 352. The van der Waals surface area contributed by atoms with Crippen LogP contribution < -0.4 is 10.2 Å². The van der Waals surface area contributed by atoms with Crippen LogP contribution in [0.3, 0.4) is 0 Å². The third kappa shape index (κ3) is 4.30. The van der Waals surface area contributed by atoms with Crippen molar-refractivity contribution in [1.82, 2.24) is 5.32 Å². The predicted molar refractivity (Wildman–Crippen MR) is 76.6 cm³/mol. The largest absolute Gasteiger partial charge is 0.372 e. The molecule has 0 saturated carbocycles. The maximum Gasteiger partial charge on any atom is 0.146 e. The molecule has 1 rings (SSSR count). The molecule has 3 heteroatoms. The number of nitrogens with zero attached hydrogens (tertiary/aromatic N) is 1. The molecule has 0 aliphatic carbocycles. The fraction of sp³-hybridized carbons (Fsp3) is 0.600. The van der Waals surface area contributed by atoms with Gasteiger partial charge in [-0.2, -0.15) is 0 Å². The van der Waals surface area contributed by atoms with Crippen molar-refractivity contribution in [3.63, 3.8) is 0 Å². The number of hydrogen-bond acceptors (Lipinski definition) is 2. The molecule has 0 radical (unpaired) electrons. The van der Waals surface area contributed by atoms with Gasteiger partial charge in [-0.1, -0.05) is 32.4 Å². The Labute approximate surface area is 110 Å². The van der Waals surface area contributed by atoms with Gasteiger partial charge < -0.3 is 10.2 Å². The van der Waals surface area contributed by atoms with Crippen molar-refractivity contribution in [2.45, 2.75) is 39.7 Å². The summed E-state index contributed by atoms with van der Waals surface area (Å²) >= 11 is 0. The zero-order valence-electron chi connectivity index (χ0n) is 11.8. The summed E-state index contributed by atoms with van der Waals surface area (Å²) in [6.07, 6.45) is 3.31. The first kappa shape index (κ1) is 15.0. The third-order valence-electron chi connectivity index (χ3n) is 3.04. The van der Waals surface area contributed by atoms with E-state index in [-0.39, 0.29) is 5.82 Å². The van der Waals surface area contributed by atoms with Crippen LogP contribution in [0.15, 0.2) is 18.2 Å². The van der Waals surface area contributed by atoms with Gasteiger partial charge in [-0.25, -0.2) is 4.39 Å². The monoisotopic (exact) mass is 252 g/mol. The molecule has 0 saturated heterocycles. The number of para-hydroxylation sites is 1. The average Bonchev–Trinajstić information content (AvgIpc) is 2.36. The van der Waals surface area contributed by atoms with Crippen molar-refractivity contribution in [2.24, 2.45) is 0 Å². The van der Waals surface area contributed by atoms with Gasteiger partial charge in [0.1, 0.15) is 5.82 Å². The van der Waals surface area contributed by atoms with Crippen LogP contribution in [0.2, 0.25) is 0 Å².